The molecule has 0 aliphatic carbocycles. The van der Waals surface area contributed by atoms with Crippen LogP contribution in [0, 0.1) is 11.6 Å². The van der Waals surface area contributed by atoms with E-state index in [0.29, 0.717) is 16.5 Å². The van der Waals surface area contributed by atoms with Gasteiger partial charge in [0.05, 0.1) is 11.4 Å². The Labute approximate surface area is 164 Å². The van der Waals surface area contributed by atoms with Gasteiger partial charge in [-0.15, -0.1) is 11.3 Å². The molecule has 0 bridgehead atoms. The minimum Gasteiger partial charge on any atom is -0.322 e. The van der Waals surface area contributed by atoms with E-state index < -0.39 is 17.5 Å². The molecule has 0 atom stereocenters. The van der Waals surface area contributed by atoms with E-state index in [1.807, 2.05) is 18.2 Å². The number of anilines is 3. The van der Waals surface area contributed by atoms with Crippen molar-refractivity contribution in [2.24, 2.45) is 0 Å². The summed E-state index contributed by atoms with van der Waals surface area (Å²) in [5.41, 5.74) is 1.32. The van der Waals surface area contributed by atoms with Crippen LogP contribution in [-0.2, 0) is 9.59 Å². The first-order chi connectivity index (χ1) is 13.4. The van der Waals surface area contributed by atoms with E-state index in [1.54, 1.807) is 17.5 Å². The number of carbonyl (C=O) groups is 2. The lowest BCUT2D eigenvalue weighted by Crippen LogP contribution is -2.22. The summed E-state index contributed by atoms with van der Waals surface area (Å²) in [6.07, 6.45) is 2.69. The van der Waals surface area contributed by atoms with Crippen molar-refractivity contribution in [2.75, 3.05) is 10.2 Å². The van der Waals surface area contributed by atoms with Crippen LogP contribution < -0.4 is 10.2 Å². The fraction of sp³-hybridized carbons (Fsp3) is 0.0500. The number of amides is 2. The Morgan fingerprint density at radius 2 is 1.86 bits per heavy atom. The Morgan fingerprint density at radius 3 is 2.54 bits per heavy atom. The van der Waals surface area contributed by atoms with Gasteiger partial charge in [0.25, 0.3) is 0 Å². The van der Waals surface area contributed by atoms with Gasteiger partial charge in [0.1, 0.15) is 0 Å². The van der Waals surface area contributed by atoms with Crippen molar-refractivity contribution < 1.29 is 18.4 Å². The van der Waals surface area contributed by atoms with Crippen LogP contribution in [0.15, 0.2) is 60.0 Å². The lowest BCUT2D eigenvalue weighted by atomic mass is 10.3. The molecule has 0 aliphatic rings. The predicted octanol–water partition coefficient (Wildman–Crippen LogP) is 4.76. The Kier molecular flexibility index (Phi) is 5.90. The van der Waals surface area contributed by atoms with Gasteiger partial charge in [-0.2, -0.15) is 0 Å². The van der Waals surface area contributed by atoms with Crippen LogP contribution in [0.1, 0.15) is 12.6 Å². The van der Waals surface area contributed by atoms with Crippen LogP contribution in [0.5, 0.6) is 0 Å². The Balaban J connectivity index is 1.71. The normalized spacial score (nSPS) is 10.8. The lowest BCUT2D eigenvalue weighted by Gasteiger charge is -2.17. The van der Waals surface area contributed by atoms with Crippen LogP contribution >= 0.6 is 11.3 Å². The SMILES string of the molecule is CC(=O)N(c1ccccc1)c1nc(/C=C/C(=O)Nc2ccc(F)c(F)c2)cs1. The molecule has 2 aromatic carbocycles. The molecule has 142 valence electrons. The summed E-state index contributed by atoms with van der Waals surface area (Å²) in [4.78, 5) is 29.8. The van der Waals surface area contributed by atoms with Crippen LogP contribution in [-0.4, -0.2) is 16.8 Å². The highest BCUT2D eigenvalue weighted by molar-refractivity contribution is 7.14. The molecule has 5 nitrogen and oxygen atoms in total. The maximum Gasteiger partial charge on any atom is 0.248 e. The third-order valence-electron chi connectivity index (χ3n) is 3.62. The molecule has 1 aromatic heterocycles. The van der Waals surface area contributed by atoms with E-state index in [9.17, 15) is 18.4 Å². The Hall–Kier alpha value is -3.39. The topological polar surface area (TPSA) is 62.3 Å². The van der Waals surface area contributed by atoms with Crippen LogP contribution in [0.4, 0.5) is 25.3 Å². The number of carbonyl (C=O) groups excluding carboxylic acids is 2. The second kappa shape index (κ2) is 8.53. The molecule has 3 rings (SSSR count). The van der Waals surface area contributed by atoms with Gasteiger partial charge in [0, 0.05) is 30.1 Å². The number of nitrogens with zero attached hydrogens (tertiary/aromatic N) is 2. The largest absolute Gasteiger partial charge is 0.322 e. The predicted molar refractivity (Wildman–Crippen MR) is 105 cm³/mol. The molecule has 1 heterocycles. The van der Waals surface area contributed by atoms with E-state index in [2.05, 4.69) is 10.3 Å². The maximum absolute atomic E-state index is 13.2. The van der Waals surface area contributed by atoms with Gasteiger partial charge in [-0.05, 0) is 30.3 Å². The molecule has 0 saturated carbocycles. The summed E-state index contributed by atoms with van der Waals surface area (Å²) in [5.74, 6) is -2.74. The molecule has 0 unspecified atom stereocenters. The number of thiazole rings is 1. The third-order valence-corrected chi connectivity index (χ3v) is 4.47. The van der Waals surface area contributed by atoms with Crippen LogP contribution in [0.25, 0.3) is 6.08 Å². The van der Waals surface area contributed by atoms with E-state index in [0.717, 1.165) is 12.1 Å². The highest BCUT2D eigenvalue weighted by Crippen LogP contribution is 2.29. The molecule has 2 amide bonds. The van der Waals surface area contributed by atoms with Crippen LogP contribution in [0.3, 0.4) is 0 Å². The smallest absolute Gasteiger partial charge is 0.248 e. The van der Waals surface area contributed by atoms with Gasteiger partial charge < -0.3 is 5.32 Å². The Bertz CT molecular complexity index is 1030. The monoisotopic (exact) mass is 399 g/mol. The second-order valence-corrected chi connectivity index (χ2v) is 6.53. The van der Waals surface area contributed by atoms with Crippen molar-refractivity contribution in [2.45, 2.75) is 6.92 Å². The van der Waals surface area contributed by atoms with Crippen molar-refractivity contribution in [3.8, 4) is 0 Å². The van der Waals surface area contributed by atoms with E-state index in [4.69, 9.17) is 0 Å². The highest BCUT2D eigenvalue weighted by atomic mass is 32.1. The average molecular weight is 399 g/mol. The summed E-state index contributed by atoms with van der Waals surface area (Å²) in [7, 11) is 0. The fourth-order valence-corrected chi connectivity index (χ4v) is 3.23. The van der Waals surface area contributed by atoms with Crippen molar-refractivity contribution in [3.05, 3.63) is 77.3 Å². The quantitative estimate of drug-likeness (QED) is 0.630. The van der Waals surface area contributed by atoms with Gasteiger partial charge in [-0.3, -0.25) is 14.5 Å². The molecule has 28 heavy (non-hydrogen) atoms. The molecule has 0 spiro atoms. The van der Waals surface area contributed by atoms with Crippen molar-refractivity contribution in [1.82, 2.24) is 4.98 Å². The van der Waals surface area contributed by atoms with E-state index in [-0.39, 0.29) is 11.6 Å². The molecule has 3 aromatic rings. The maximum atomic E-state index is 13.2. The molecule has 0 aliphatic heterocycles. The molecule has 8 heteroatoms. The zero-order valence-electron chi connectivity index (χ0n) is 14.7. The van der Waals surface area contributed by atoms with E-state index >= 15 is 0 Å². The number of hydrogen-bond donors (Lipinski definition) is 1. The number of rotatable bonds is 5. The molecule has 0 saturated heterocycles. The molecule has 0 radical (unpaired) electrons. The fourth-order valence-electron chi connectivity index (χ4n) is 2.38. The van der Waals surface area contributed by atoms with Crippen molar-refractivity contribution in [3.63, 3.8) is 0 Å². The minimum atomic E-state index is -1.05. The van der Waals surface area contributed by atoms with Gasteiger partial charge in [-0.25, -0.2) is 13.8 Å². The number of hydrogen-bond acceptors (Lipinski definition) is 4. The molecular weight excluding hydrogens is 384 g/mol. The van der Waals surface area contributed by atoms with E-state index in [1.165, 1.54) is 41.4 Å². The first-order valence-electron chi connectivity index (χ1n) is 8.19. The summed E-state index contributed by atoms with van der Waals surface area (Å²) in [5, 5.41) is 4.61. The zero-order chi connectivity index (χ0) is 20.1. The van der Waals surface area contributed by atoms with Gasteiger partial charge in [0.15, 0.2) is 16.8 Å². The zero-order valence-corrected chi connectivity index (χ0v) is 15.5. The Morgan fingerprint density at radius 1 is 1.11 bits per heavy atom. The van der Waals surface area contributed by atoms with Crippen molar-refractivity contribution >= 4 is 45.7 Å². The lowest BCUT2D eigenvalue weighted by molar-refractivity contribution is -0.116. The summed E-state index contributed by atoms with van der Waals surface area (Å²) >= 11 is 1.26. The molecular formula is C20H15F2N3O2S. The number of aromatic nitrogens is 1. The third kappa shape index (κ3) is 4.66. The molecule has 0 fully saturated rings. The summed E-state index contributed by atoms with van der Waals surface area (Å²) in [6, 6.07) is 12.2. The number of benzene rings is 2. The number of nitrogens with one attached hydrogen (secondary N) is 1. The van der Waals surface area contributed by atoms with Gasteiger partial charge in [-0.1, -0.05) is 18.2 Å². The van der Waals surface area contributed by atoms with Gasteiger partial charge >= 0.3 is 0 Å². The minimum absolute atomic E-state index is 0.138. The van der Waals surface area contributed by atoms with Crippen molar-refractivity contribution in [1.29, 1.82) is 0 Å². The standard InChI is InChI=1S/C20H15F2N3O2S/c1-13(26)25(16-5-3-2-4-6-16)20-24-15(12-28-20)8-10-19(27)23-14-7-9-17(21)18(22)11-14/h2-12H,1H3,(H,23,27)/b10-8+. The highest BCUT2D eigenvalue weighted by Gasteiger charge is 2.17. The average Bonchev–Trinajstić information content (AvgIpc) is 3.12. The number of para-hydroxylation sites is 1. The first-order valence-corrected chi connectivity index (χ1v) is 9.07. The van der Waals surface area contributed by atoms with Gasteiger partial charge in [0.2, 0.25) is 11.8 Å². The first kappa shape index (κ1) is 19.4. The van der Waals surface area contributed by atoms with Crippen LogP contribution in [0.2, 0.25) is 0 Å². The number of halogens is 2. The summed E-state index contributed by atoms with van der Waals surface area (Å²) < 4.78 is 26.1. The molecule has 1 N–H and O–H groups in total. The second-order valence-electron chi connectivity index (χ2n) is 5.70. The summed E-state index contributed by atoms with van der Waals surface area (Å²) in [6.45, 7) is 1.44.